The second-order valence-electron chi connectivity index (χ2n) is 6.77. The van der Waals surface area contributed by atoms with Crippen LogP contribution >= 0.6 is 0 Å². The maximum atomic E-state index is 13.0. The molecule has 27 heavy (non-hydrogen) atoms. The van der Waals surface area contributed by atoms with E-state index in [9.17, 15) is 8.76 Å². The van der Waals surface area contributed by atoms with Gasteiger partial charge in [0.05, 0.1) is 6.54 Å². The van der Waals surface area contributed by atoms with Crippen molar-refractivity contribution in [2.24, 2.45) is 0 Å². The summed E-state index contributed by atoms with van der Waals surface area (Å²) in [7, 11) is -3.48. The first-order chi connectivity index (χ1) is 12.9. The summed E-state index contributed by atoms with van der Waals surface area (Å²) in [6, 6.07) is 10.8. The van der Waals surface area contributed by atoms with Gasteiger partial charge in [0.1, 0.15) is 5.82 Å². The van der Waals surface area contributed by atoms with Gasteiger partial charge in [-0.15, -0.1) is 19.6 Å². The minimum atomic E-state index is -3.48. The highest BCUT2D eigenvalue weighted by Crippen LogP contribution is 2.24. The van der Waals surface area contributed by atoms with E-state index >= 15 is 0 Å². The van der Waals surface area contributed by atoms with Crippen molar-refractivity contribution >= 4 is 21.9 Å². The lowest BCUT2D eigenvalue weighted by Gasteiger charge is -2.26. The monoisotopic (exact) mass is 386 g/mol. The SMILES string of the molecule is Cc1ccc([S+](=O)([O-])N2CCCN(c3ccc4nnc(C)n4n3)CC2)cc1. The third-order valence-electron chi connectivity index (χ3n) is 4.84. The van der Waals surface area contributed by atoms with Crippen LogP contribution in [0.2, 0.25) is 0 Å². The number of aryl methyl sites for hydroxylation is 2. The normalized spacial score (nSPS) is 18.4. The van der Waals surface area contributed by atoms with Gasteiger partial charge in [-0.3, -0.25) is 0 Å². The molecule has 0 N–H and O–H groups in total. The zero-order valence-electron chi connectivity index (χ0n) is 15.4. The lowest BCUT2D eigenvalue weighted by atomic mass is 10.2. The van der Waals surface area contributed by atoms with Gasteiger partial charge in [0, 0.05) is 19.6 Å². The van der Waals surface area contributed by atoms with Crippen molar-refractivity contribution < 1.29 is 8.76 Å². The Morgan fingerprint density at radius 3 is 2.52 bits per heavy atom. The van der Waals surface area contributed by atoms with E-state index in [1.807, 2.05) is 38.1 Å². The molecule has 1 saturated heterocycles. The van der Waals surface area contributed by atoms with Gasteiger partial charge in [0.25, 0.3) is 0 Å². The van der Waals surface area contributed by atoms with Gasteiger partial charge in [-0.05, 0) is 44.5 Å². The molecule has 9 heteroatoms. The number of sulfonamides is 1. The van der Waals surface area contributed by atoms with Crippen molar-refractivity contribution in [1.29, 1.82) is 0 Å². The fourth-order valence-corrected chi connectivity index (χ4v) is 4.75. The van der Waals surface area contributed by atoms with E-state index < -0.39 is 10.4 Å². The van der Waals surface area contributed by atoms with E-state index in [-0.39, 0.29) is 0 Å². The molecule has 142 valence electrons. The summed E-state index contributed by atoms with van der Waals surface area (Å²) in [5.41, 5.74) is 1.75. The molecule has 0 saturated carbocycles. The van der Waals surface area contributed by atoms with Gasteiger partial charge < -0.3 is 9.45 Å². The average molecular weight is 386 g/mol. The van der Waals surface area contributed by atoms with Crippen molar-refractivity contribution in [3.8, 4) is 0 Å². The van der Waals surface area contributed by atoms with Crippen molar-refractivity contribution in [3.63, 3.8) is 0 Å². The maximum Gasteiger partial charge on any atom is 0.178 e. The molecule has 0 amide bonds. The fourth-order valence-electron chi connectivity index (χ4n) is 3.28. The smallest absolute Gasteiger partial charge is 0.178 e. The lowest BCUT2D eigenvalue weighted by molar-refractivity contribution is 0.367. The first kappa shape index (κ1) is 18.0. The molecule has 1 aromatic carbocycles. The highest BCUT2D eigenvalue weighted by molar-refractivity contribution is 7.95. The number of nitrogens with zero attached hydrogens (tertiary/aromatic N) is 6. The Hall–Kier alpha value is -2.36. The third kappa shape index (κ3) is 3.45. The van der Waals surface area contributed by atoms with Crippen LogP contribution in [0.15, 0.2) is 41.3 Å². The number of hydrogen-bond donors (Lipinski definition) is 0. The predicted octanol–water partition coefficient (Wildman–Crippen LogP) is 1.86. The van der Waals surface area contributed by atoms with Crippen molar-refractivity contribution in [2.45, 2.75) is 25.2 Å². The highest BCUT2D eigenvalue weighted by Gasteiger charge is 2.32. The quantitative estimate of drug-likeness (QED) is 0.638. The summed E-state index contributed by atoms with van der Waals surface area (Å²) < 4.78 is 29.2. The number of aromatic nitrogens is 4. The summed E-state index contributed by atoms with van der Waals surface area (Å²) in [4.78, 5) is 2.46. The van der Waals surface area contributed by atoms with E-state index in [4.69, 9.17) is 0 Å². The van der Waals surface area contributed by atoms with Crippen LogP contribution < -0.4 is 4.90 Å². The van der Waals surface area contributed by atoms with Crippen LogP contribution in [0.5, 0.6) is 0 Å². The minimum Gasteiger partial charge on any atom is -0.593 e. The Kier molecular flexibility index (Phi) is 4.67. The van der Waals surface area contributed by atoms with Crippen LogP contribution in [0.1, 0.15) is 17.8 Å². The van der Waals surface area contributed by atoms with Crippen molar-refractivity contribution in [2.75, 3.05) is 31.1 Å². The topological polar surface area (TPSA) is 89.7 Å². The zero-order chi connectivity index (χ0) is 19.0. The Morgan fingerprint density at radius 2 is 1.74 bits per heavy atom. The molecule has 1 atom stereocenters. The zero-order valence-corrected chi connectivity index (χ0v) is 16.2. The van der Waals surface area contributed by atoms with Crippen LogP contribution in [0, 0.1) is 13.8 Å². The maximum absolute atomic E-state index is 13.0. The van der Waals surface area contributed by atoms with Crippen LogP contribution in [-0.4, -0.2) is 54.8 Å². The van der Waals surface area contributed by atoms with E-state index in [1.54, 1.807) is 21.0 Å². The van der Waals surface area contributed by atoms with Gasteiger partial charge in [-0.1, -0.05) is 21.9 Å². The van der Waals surface area contributed by atoms with Crippen LogP contribution in [-0.2, 0) is 14.6 Å². The molecule has 1 unspecified atom stereocenters. The minimum absolute atomic E-state index is 0.348. The van der Waals surface area contributed by atoms with Gasteiger partial charge in [-0.25, -0.2) is 0 Å². The third-order valence-corrected chi connectivity index (χ3v) is 6.76. The molecule has 8 nitrogen and oxygen atoms in total. The number of rotatable bonds is 3. The molecular formula is C18H22N6O2S. The van der Waals surface area contributed by atoms with Gasteiger partial charge in [-0.2, -0.15) is 4.52 Å². The first-order valence-corrected chi connectivity index (χ1v) is 10.4. The molecule has 4 rings (SSSR count). The number of benzene rings is 1. The van der Waals surface area contributed by atoms with E-state index in [0.717, 1.165) is 30.2 Å². The largest absolute Gasteiger partial charge is 0.593 e. The van der Waals surface area contributed by atoms with E-state index in [1.165, 1.54) is 0 Å². The molecule has 2 aromatic heterocycles. The molecule has 3 aromatic rings. The second kappa shape index (κ2) is 6.99. The van der Waals surface area contributed by atoms with Crippen LogP contribution in [0.4, 0.5) is 5.82 Å². The molecule has 0 bridgehead atoms. The predicted molar refractivity (Wildman–Crippen MR) is 102 cm³/mol. The van der Waals surface area contributed by atoms with E-state index in [2.05, 4.69) is 20.2 Å². The molecule has 1 aliphatic heterocycles. The molecule has 0 aliphatic carbocycles. The molecular weight excluding hydrogens is 364 g/mol. The summed E-state index contributed by atoms with van der Waals surface area (Å²) in [5, 5.41) is 12.7. The average Bonchev–Trinajstić information content (AvgIpc) is 2.87. The molecule has 0 radical (unpaired) electrons. The highest BCUT2D eigenvalue weighted by atomic mass is 32.3. The summed E-state index contributed by atoms with van der Waals surface area (Å²) in [6.07, 6.45) is 0.742. The summed E-state index contributed by atoms with van der Waals surface area (Å²) in [5.74, 6) is 1.53. The van der Waals surface area contributed by atoms with Crippen LogP contribution in [0.25, 0.3) is 5.65 Å². The standard InChI is InChI=1S/C18H22N6O2S/c1-14-4-6-16(7-5-14)27(25,26)23-11-3-10-22(12-13-23)18-9-8-17-20-19-15(2)24(17)21-18/h4-9H,3,10-13H2,1-2H3. The van der Waals surface area contributed by atoms with Crippen LogP contribution in [0.3, 0.4) is 0 Å². The first-order valence-electron chi connectivity index (χ1n) is 8.96. The fraction of sp³-hybridized carbons (Fsp3) is 0.389. The number of hydrogen-bond acceptors (Lipinski definition) is 6. The van der Waals surface area contributed by atoms with E-state index in [0.29, 0.717) is 30.2 Å². The summed E-state index contributed by atoms with van der Waals surface area (Å²) >= 11 is 0. The van der Waals surface area contributed by atoms with Crippen molar-refractivity contribution in [3.05, 3.63) is 47.8 Å². The Labute approximate surface area is 159 Å². The molecule has 1 fully saturated rings. The van der Waals surface area contributed by atoms with Gasteiger partial charge >= 0.3 is 0 Å². The molecule has 0 spiro atoms. The molecule has 1 aliphatic rings. The second-order valence-corrected chi connectivity index (χ2v) is 8.70. The molecule has 3 heterocycles. The number of fused-ring (bicyclic) bond motifs is 1. The Balaban J connectivity index is 1.53. The Morgan fingerprint density at radius 1 is 0.963 bits per heavy atom. The summed E-state index contributed by atoms with van der Waals surface area (Å²) in [6.45, 7) is 6.07. The van der Waals surface area contributed by atoms with Gasteiger partial charge in [0.2, 0.25) is 0 Å². The Bertz CT molecular complexity index is 1000. The van der Waals surface area contributed by atoms with Gasteiger partial charge in [0.15, 0.2) is 26.8 Å². The lowest BCUT2D eigenvalue weighted by Crippen LogP contribution is -2.39. The number of anilines is 1. The van der Waals surface area contributed by atoms with Crippen molar-refractivity contribution in [1.82, 2.24) is 24.1 Å².